The second-order valence-electron chi connectivity index (χ2n) is 4.72. The van der Waals surface area contributed by atoms with E-state index in [9.17, 15) is 4.79 Å². The van der Waals surface area contributed by atoms with Crippen LogP contribution in [-0.2, 0) is 9.53 Å². The van der Waals surface area contributed by atoms with Crippen molar-refractivity contribution in [3.63, 3.8) is 0 Å². The number of allylic oxidation sites excluding steroid dienone is 2. The lowest BCUT2D eigenvalue weighted by molar-refractivity contribution is -0.159. The van der Waals surface area contributed by atoms with Gasteiger partial charge in [-0.05, 0) is 40.0 Å². The van der Waals surface area contributed by atoms with Crippen LogP contribution in [0.1, 0.15) is 47.0 Å². The summed E-state index contributed by atoms with van der Waals surface area (Å²) in [4.78, 5) is 10.9. The van der Waals surface area contributed by atoms with Crippen molar-refractivity contribution in [3.8, 4) is 0 Å². The molecule has 0 aliphatic heterocycles. The SMILES string of the molecule is CC(=O)OC(C)(C)C1CC=C(C)CC1. The molecule has 0 fully saturated rings. The third-order valence-electron chi connectivity index (χ3n) is 3.03. The Hall–Kier alpha value is -0.790. The van der Waals surface area contributed by atoms with E-state index in [-0.39, 0.29) is 11.6 Å². The molecule has 0 amide bonds. The van der Waals surface area contributed by atoms with Crippen LogP contribution in [0.4, 0.5) is 0 Å². The quantitative estimate of drug-likeness (QED) is 0.501. The Kier molecular flexibility index (Phi) is 3.35. The van der Waals surface area contributed by atoms with Crippen LogP contribution in [0.3, 0.4) is 0 Å². The van der Waals surface area contributed by atoms with Gasteiger partial charge in [0.15, 0.2) is 0 Å². The molecular weight excluding hydrogens is 176 g/mol. The Bertz CT molecular complexity index is 251. The molecule has 2 heteroatoms. The Labute approximate surface area is 86.3 Å². The largest absolute Gasteiger partial charge is 0.460 e. The highest BCUT2D eigenvalue weighted by molar-refractivity contribution is 5.66. The predicted octanol–water partition coefficient (Wildman–Crippen LogP) is 3.07. The molecule has 0 bridgehead atoms. The third kappa shape index (κ3) is 2.86. The molecule has 0 aromatic rings. The van der Waals surface area contributed by atoms with Crippen molar-refractivity contribution >= 4 is 5.97 Å². The summed E-state index contributed by atoms with van der Waals surface area (Å²) in [5.74, 6) is 0.288. The van der Waals surface area contributed by atoms with Gasteiger partial charge in [-0.1, -0.05) is 11.6 Å². The van der Waals surface area contributed by atoms with Crippen molar-refractivity contribution in [2.24, 2.45) is 5.92 Å². The number of rotatable bonds is 2. The zero-order chi connectivity index (χ0) is 10.8. The fraction of sp³-hybridized carbons (Fsp3) is 0.750. The molecule has 80 valence electrons. The molecule has 0 saturated heterocycles. The molecule has 0 heterocycles. The van der Waals surface area contributed by atoms with Crippen LogP contribution in [-0.4, -0.2) is 11.6 Å². The number of hydrogen-bond donors (Lipinski definition) is 0. The smallest absolute Gasteiger partial charge is 0.303 e. The van der Waals surface area contributed by atoms with Crippen LogP contribution in [0.25, 0.3) is 0 Å². The lowest BCUT2D eigenvalue weighted by atomic mass is 9.79. The summed E-state index contributed by atoms with van der Waals surface area (Å²) in [7, 11) is 0. The fourth-order valence-electron chi connectivity index (χ4n) is 2.05. The lowest BCUT2D eigenvalue weighted by Crippen LogP contribution is -2.36. The van der Waals surface area contributed by atoms with E-state index in [0.717, 1.165) is 19.3 Å². The monoisotopic (exact) mass is 196 g/mol. The molecule has 0 spiro atoms. The fourth-order valence-corrected chi connectivity index (χ4v) is 2.05. The number of ether oxygens (including phenoxy) is 1. The van der Waals surface area contributed by atoms with Gasteiger partial charge < -0.3 is 4.74 Å². The van der Waals surface area contributed by atoms with E-state index < -0.39 is 0 Å². The molecule has 0 N–H and O–H groups in total. The van der Waals surface area contributed by atoms with Crippen molar-refractivity contribution in [1.82, 2.24) is 0 Å². The van der Waals surface area contributed by atoms with E-state index in [1.54, 1.807) is 0 Å². The first-order valence-electron chi connectivity index (χ1n) is 5.27. The second-order valence-corrected chi connectivity index (χ2v) is 4.72. The highest BCUT2D eigenvalue weighted by Gasteiger charge is 2.32. The molecule has 1 unspecified atom stereocenters. The number of esters is 1. The summed E-state index contributed by atoms with van der Waals surface area (Å²) in [6.07, 6.45) is 5.56. The topological polar surface area (TPSA) is 26.3 Å². The van der Waals surface area contributed by atoms with Crippen LogP contribution in [0.2, 0.25) is 0 Å². The normalized spacial score (nSPS) is 22.9. The van der Waals surface area contributed by atoms with Gasteiger partial charge in [0.2, 0.25) is 0 Å². The van der Waals surface area contributed by atoms with Gasteiger partial charge in [0, 0.05) is 12.8 Å². The first-order valence-corrected chi connectivity index (χ1v) is 5.27. The molecule has 1 aliphatic rings. The zero-order valence-electron chi connectivity index (χ0n) is 9.59. The van der Waals surface area contributed by atoms with Gasteiger partial charge >= 0.3 is 5.97 Å². The molecule has 0 aromatic heterocycles. The van der Waals surface area contributed by atoms with Crippen LogP contribution in [0, 0.1) is 5.92 Å². The molecule has 1 atom stereocenters. The van der Waals surface area contributed by atoms with Crippen molar-refractivity contribution in [3.05, 3.63) is 11.6 Å². The van der Waals surface area contributed by atoms with E-state index in [4.69, 9.17) is 4.74 Å². The average Bonchev–Trinajstić information content (AvgIpc) is 2.02. The first-order chi connectivity index (χ1) is 6.42. The van der Waals surface area contributed by atoms with E-state index in [2.05, 4.69) is 13.0 Å². The molecule has 1 rings (SSSR count). The van der Waals surface area contributed by atoms with Crippen LogP contribution < -0.4 is 0 Å². The van der Waals surface area contributed by atoms with Gasteiger partial charge in [0.1, 0.15) is 5.60 Å². The summed E-state index contributed by atoms with van der Waals surface area (Å²) >= 11 is 0. The molecule has 0 radical (unpaired) electrons. The maximum Gasteiger partial charge on any atom is 0.303 e. The Morgan fingerprint density at radius 2 is 2.21 bits per heavy atom. The van der Waals surface area contributed by atoms with E-state index in [0.29, 0.717) is 5.92 Å². The maximum absolute atomic E-state index is 10.9. The minimum Gasteiger partial charge on any atom is -0.460 e. The number of carbonyl (C=O) groups excluding carboxylic acids is 1. The summed E-state index contributed by atoms with van der Waals surface area (Å²) in [6.45, 7) is 7.65. The van der Waals surface area contributed by atoms with Gasteiger partial charge in [0.05, 0.1) is 0 Å². The number of carbonyl (C=O) groups is 1. The second kappa shape index (κ2) is 4.16. The predicted molar refractivity (Wildman–Crippen MR) is 56.9 cm³/mol. The summed E-state index contributed by atoms with van der Waals surface area (Å²) in [5, 5.41) is 0. The van der Waals surface area contributed by atoms with Crippen molar-refractivity contribution in [2.75, 3.05) is 0 Å². The first kappa shape index (κ1) is 11.3. The van der Waals surface area contributed by atoms with Crippen molar-refractivity contribution in [1.29, 1.82) is 0 Å². The van der Waals surface area contributed by atoms with Gasteiger partial charge in [-0.3, -0.25) is 4.79 Å². The number of hydrogen-bond acceptors (Lipinski definition) is 2. The van der Waals surface area contributed by atoms with Crippen LogP contribution in [0.5, 0.6) is 0 Å². The molecule has 0 saturated carbocycles. The Balaban J connectivity index is 2.60. The van der Waals surface area contributed by atoms with Crippen LogP contribution in [0.15, 0.2) is 11.6 Å². The van der Waals surface area contributed by atoms with Gasteiger partial charge in [-0.2, -0.15) is 0 Å². The van der Waals surface area contributed by atoms with Gasteiger partial charge in [-0.25, -0.2) is 0 Å². The van der Waals surface area contributed by atoms with Crippen molar-refractivity contribution < 1.29 is 9.53 Å². The standard InChI is InChI=1S/C12H20O2/c1-9-5-7-11(8-6-9)12(3,4)14-10(2)13/h5,11H,6-8H2,1-4H3. The molecule has 2 nitrogen and oxygen atoms in total. The minimum absolute atomic E-state index is 0.179. The average molecular weight is 196 g/mol. The van der Waals surface area contributed by atoms with E-state index >= 15 is 0 Å². The van der Waals surface area contributed by atoms with Gasteiger partial charge in [0.25, 0.3) is 0 Å². The highest BCUT2D eigenvalue weighted by Crippen LogP contribution is 2.33. The lowest BCUT2D eigenvalue weighted by Gasteiger charge is -2.35. The molecule has 1 aliphatic carbocycles. The van der Waals surface area contributed by atoms with E-state index in [1.807, 2.05) is 13.8 Å². The Morgan fingerprint density at radius 3 is 2.64 bits per heavy atom. The third-order valence-corrected chi connectivity index (χ3v) is 3.03. The van der Waals surface area contributed by atoms with Gasteiger partial charge in [-0.15, -0.1) is 0 Å². The van der Waals surface area contributed by atoms with E-state index in [1.165, 1.54) is 12.5 Å². The minimum atomic E-state index is -0.316. The summed E-state index contributed by atoms with van der Waals surface area (Å²) in [6, 6.07) is 0. The summed E-state index contributed by atoms with van der Waals surface area (Å²) < 4.78 is 5.34. The molecule has 14 heavy (non-hydrogen) atoms. The molecule has 0 aromatic carbocycles. The van der Waals surface area contributed by atoms with Crippen molar-refractivity contribution in [2.45, 2.75) is 52.6 Å². The highest BCUT2D eigenvalue weighted by atomic mass is 16.6. The summed E-state index contributed by atoms with van der Waals surface area (Å²) in [5.41, 5.74) is 1.14. The molecular formula is C12H20O2. The Morgan fingerprint density at radius 1 is 1.57 bits per heavy atom. The maximum atomic E-state index is 10.9. The zero-order valence-corrected chi connectivity index (χ0v) is 9.59. The van der Waals surface area contributed by atoms with Crippen LogP contribution >= 0.6 is 0 Å².